The number of hydrogen-bond acceptors (Lipinski definition) is 2. The minimum atomic E-state index is -0.347. The number of rotatable bonds is 1. The first-order chi connectivity index (χ1) is 12.1. The first-order valence-corrected chi connectivity index (χ1v) is 8.13. The van der Waals surface area contributed by atoms with E-state index in [-0.39, 0.29) is 5.97 Å². The Morgan fingerprint density at radius 2 is 1.04 bits per heavy atom. The van der Waals surface area contributed by atoms with Gasteiger partial charge in [0.05, 0.1) is 7.11 Å². The summed E-state index contributed by atoms with van der Waals surface area (Å²) in [6.45, 7) is 4.95. The van der Waals surface area contributed by atoms with Gasteiger partial charge in [0.2, 0.25) is 0 Å². The normalized spacial score (nSPS) is 10.3. The standard InChI is InChI=1S/C18H12.C5H8O2/c1-2-6-14-10-18-12-16-8-4-3-7-15(16)11-17(18)9-13(14)5-1;1-4(2)5(6)7-3/h1-12H;1H2,2-3H3. The van der Waals surface area contributed by atoms with Crippen molar-refractivity contribution in [2.75, 3.05) is 7.11 Å². The molecule has 0 spiro atoms. The molecule has 0 unspecified atom stereocenters. The van der Waals surface area contributed by atoms with E-state index in [0.717, 1.165) is 0 Å². The van der Waals surface area contributed by atoms with E-state index in [1.165, 1.54) is 39.4 Å². The summed E-state index contributed by atoms with van der Waals surface area (Å²) in [6.07, 6.45) is 0. The Kier molecular flexibility index (Phi) is 4.80. The lowest BCUT2D eigenvalue weighted by Crippen LogP contribution is -1.98. The zero-order valence-corrected chi connectivity index (χ0v) is 14.5. The van der Waals surface area contributed by atoms with Crippen LogP contribution < -0.4 is 0 Å². The maximum atomic E-state index is 10.2. The number of benzene rings is 4. The van der Waals surface area contributed by atoms with E-state index in [2.05, 4.69) is 84.1 Å². The van der Waals surface area contributed by atoms with Gasteiger partial charge in [0.25, 0.3) is 0 Å². The fourth-order valence-corrected chi connectivity index (χ4v) is 2.81. The van der Waals surface area contributed by atoms with Crippen molar-refractivity contribution >= 4 is 38.3 Å². The Morgan fingerprint density at radius 3 is 1.24 bits per heavy atom. The van der Waals surface area contributed by atoms with Gasteiger partial charge in [0.15, 0.2) is 0 Å². The molecular formula is C23H20O2. The van der Waals surface area contributed by atoms with Crippen LogP contribution in [0.5, 0.6) is 0 Å². The minimum Gasteiger partial charge on any atom is -0.466 e. The average molecular weight is 328 g/mol. The lowest BCUT2D eigenvalue weighted by molar-refractivity contribution is -0.136. The Bertz CT molecular complexity index is 933. The molecule has 2 heteroatoms. The highest BCUT2D eigenvalue weighted by Crippen LogP contribution is 2.27. The Labute approximate surface area is 147 Å². The topological polar surface area (TPSA) is 26.3 Å². The van der Waals surface area contributed by atoms with Gasteiger partial charge in [-0.2, -0.15) is 0 Å². The molecule has 0 N–H and O–H groups in total. The summed E-state index contributed by atoms with van der Waals surface area (Å²) in [5.41, 5.74) is 0.433. The van der Waals surface area contributed by atoms with Crippen LogP contribution in [0.15, 0.2) is 84.9 Å². The summed E-state index contributed by atoms with van der Waals surface area (Å²) >= 11 is 0. The van der Waals surface area contributed by atoms with Crippen LogP contribution in [0.4, 0.5) is 0 Å². The first-order valence-electron chi connectivity index (χ1n) is 8.13. The largest absolute Gasteiger partial charge is 0.466 e. The summed E-state index contributed by atoms with van der Waals surface area (Å²) in [4.78, 5) is 10.2. The van der Waals surface area contributed by atoms with Gasteiger partial charge >= 0.3 is 5.97 Å². The van der Waals surface area contributed by atoms with Crippen LogP contribution in [0.25, 0.3) is 32.3 Å². The quantitative estimate of drug-likeness (QED) is 0.248. The molecule has 0 aromatic heterocycles. The zero-order valence-electron chi connectivity index (χ0n) is 14.5. The number of hydrogen-bond donors (Lipinski definition) is 0. The van der Waals surface area contributed by atoms with Crippen molar-refractivity contribution in [1.29, 1.82) is 0 Å². The van der Waals surface area contributed by atoms with Crippen LogP contribution in [-0.2, 0) is 9.53 Å². The third-order valence-corrected chi connectivity index (χ3v) is 4.10. The molecule has 2 nitrogen and oxygen atoms in total. The van der Waals surface area contributed by atoms with Gasteiger partial charge in [-0.3, -0.25) is 0 Å². The molecule has 0 fully saturated rings. The summed E-state index contributed by atoms with van der Waals surface area (Å²) < 4.78 is 4.27. The van der Waals surface area contributed by atoms with E-state index in [4.69, 9.17) is 0 Å². The number of carbonyl (C=O) groups excluding carboxylic acids is 1. The second-order valence-electron chi connectivity index (χ2n) is 6.02. The van der Waals surface area contributed by atoms with Crippen molar-refractivity contribution in [3.05, 3.63) is 84.9 Å². The van der Waals surface area contributed by atoms with Crippen LogP contribution >= 0.6 is 0 Å². The summed E-state index contributed by atoms with van der Waals surface area (Å²) in [6, 6.07) is 26.2. The summed E-state index contributed by atoms with van der Waals surface area (Å²) in [5, 5.41) is 7.85. The molecule has 4 rings (SSSR count). The molecule has 0 aliphatic heterocycles. The van der Waals surface area contributed by atoms with Crippen LogP contribution in [0, 0.1) is 0 Å². The summed E-state index contributed by atoms with van der Waals surface area (Å²) in [7, 11) is 1.33. The SMILES string of the molecule is C=C(C)C(=O)OC.c1ccc2cc3cc4ccccc4cc3cc2c1. The molecule has 4 aromatic rings. The first kappa shape index (κ1) is 16.7. The zero-order chi connectivity index (χ0) is 17.8. The van der Waals surface area contributed by atoms with Gasteiger partial charge in [0, 0.05) is 5.57 Å². The molecule has 0 saturated heterocycles. The Hall–Kier alpha value is -3.13. The minimum absolute atomic E-state index is 0.347. The molecule has 0 bridgehead atoms. The van der Waals surface area contributed by atoms with Gasteiger partial charge in [0.1, 0.15) is 0 Å². The van der Waals surface area contributed by atoms with Crippen molar-refractivity contribution in [3.8, 4) is 0 Å². The van der Waals surface area contributed by atoms with Gasteiger partial charge in [-0.1, -0.05) is 55.1 Å². The second kappa shape index (κ2) is 7.18. The van der Waals surface area contributed by atoms with Crippen molar-refractivity contribution in [2.45, 2.75) is 6.92 Å². The van der Waals surface area contributed by atoms with Crippen LogP contribution in [-0.4, -0.2) is 13.1 Å². The van der Waals surface area contributed by atoms with E-state index in [0.29, 0.717) is 5.57 Å². The van der Waals surface area contributed by atoms with E-state index in [1.807, 2.05) is 0 Å². The molecule has 0 saturated carbocycles. The number of methoxy groups -OCH3 is 1. The number of ether oxygens (including phenoxy) is 1. The highest BCUT2D eigenvalue weighted by Gasteiger charge is 2.00. The second-order valence-corrected chi connectivity index (χ2v) is 6.02. The molecule has 4 aromatic carbocycles. The average Bonchev–Trinajstić information content (AvgIpc) is 2.64. The molecular weight excluding hydrogens is 308 g/mol. The van der Waals surface area contributed by atoms with Gasteiger partial charge in [-0.25, -0.2) is 4.79 Å². The Balaban J connectivity index is 0.000000225. The number of carbonyl (C=O) groups is 1. The monoisotopic (exact) mass is 328 g/mol. The molecule has 0 amide bonds. The smallest absolute Gasteiger partial charge is 0.332 e. The van der Waals surface area contributed by atoms with Crippen LogP contribution in [0.3, 0.4) is 0 Å². The van der Waals surface area contributed by atoms with Crippen LogP contribution in [0.2, 0.25) is 0 Å². The van der Waals surface area contributed by atoms with Crippen molar-refractivity contribution in [2.24, 2.45) is 0 Å². The molecule has 124 valence electrons. The highest BCUT2D eigenvalue weighted by atomic mass is 16.5. The van der Waals surface area contributed by atoms with Gasteiger partial charge < -0.3 is 4.74 Å². The van der Waals surface area contributed by atoms with Crippen LogP contribution in [0.1, 0.15) is 6.92 Å². The Morgan fingerprint density at radius 1 is 0.720 bits per heavy atom. The maximum absolute atomic E-state index is 10.2. The predicted octanol–water partition coefficient (Wildman–Crippen LogP) is 5.88. The maximum Gasteiger partial charge on any atom is 0.332 e. The van der Waals surface area contributed by atoms with Crippen molar-refractivity contribution in [3.63, 3.8) is 0 Å². The van der Waals surface area contributed by atoms with Gasteiger partial charge in [-0.15, -0.1) is 0 Å². The fourth-order valence-electron chi connectivity index (χ4n) is 2.81. The molecule has 0 atom stereocenters. The predicted molar refractivity (Wildman–Crippen MR) is 106 cm³/mol. The lowest BCUT2D eigenvalue weighted by atomic mass is 10.00. The molecule has 25 heavy (non-hydrogen) atoms. The van der Waals surface area contributed by atoms with E-state index in [9.17, 15) is 4.79 Å². The molecule has 0 aliphatic rings. The van der Waals surface area contributed by atoms with Crippen molar-refractivity contribution in [1.82, 2.24) is 0 Å². The third-order valence-electron chi connectivity index (χ3n) is 4.10. The van der Waals surface area contributed by atoms with Gasteiger partial charge in [-0.05, 0) is 63.5 Å². The van der Waals surface area contributed by atoms with E-state index >= 15 is 0 Å². The molecule has 0 aliphatic carbocycles. The number of fused-ring (bicyclic) bond motifs is 3. The van der Waals surface area contributed by atoms with E-state index < -0.39 is 0 Å². The molecule has 0 radical (unpaired) electrons. The fraction of sp³-hybridized carbons (Fsp3) is 0.0870. The third kappa shape index (κ3) is 3.69. The summed E-state index contributed by atoms with van der Waals surface area (Å²) in [5.74, 6) is -0.347. The number of esters is 1. The highest BCUT2D eigenvalue weighted by molar-refractivity contribution is 6.04. The van der Waals surface area contributed by atoms with E-state index in [1.54, 1.807) is 6.92 Å². The molecule has 0 heterocycles. The lowest BCUT2D eigenvalue weighted by Gasteiger charge is -2.04. The van der Waals surface area contributed by atoms with Crippen molar-refractivity contribution < 1.29 is 9.53 Å².